The second-order valence-electron chi connectivity index (χ2n) is 11.0. The number of rotatable bonds is 6. The molecule has 2 aliphatic carbocycles. The smallest absolute Gasteiger partial charge is 0.251 e. The highest BCUT2D eigenvalue weighted by molar-refractivity contribution is 7.89. The van der Waals surface area contributed by atoms with E-state index in [-0.39, 0.29) is 34.2 Å². The summed E-state index contributed by atoms with van der Waals surface area (Å²) in [5.41, 5.74) is 2.94. The molecule has 2 fully saturated rings. The summed E-state index contributed by atoms with van der Waals surface area (Å²) in [5, 5.41) is 3.30. The van der Waals surface area contributed by atoms with Crippen LogP contribution < -0.4 is 5.32 Å². The van der Waals surface area contributed by atoms with E-state index in [9.17, 15) is 13.2 Å². The molecule has 33 heavy (non-hydrogen) atoms. The fourth-order valence-electron chi connectivity index (χ4n) is 6.20. The van der Waals surface area contributed by atoms with Crippen molar-refractivity contribution in [1.82, 2.24) is 9.62 Å². The lowest BCUT2D eigenvalue weighted by Crippen LogP contribution is -2.52. The van der Waals surface area contributed by atoms with Gasteiger partial charge in [0.05, 0.1) is 4.90 Å². The minimum atomic E-state index is -3.76. The zero-order valence-corrected chi connectivity index (χ0v) is 21.4. The lowest BCUT2D eigenvalue weighted by Gasteiger charge is -2.43. The molecule has 0 aliphatic heterocycles. The van der Waals surface area contributed by atoms with Crippen molar-refractivity contribution >= 4 is 15.9 Å². The quantitative estimate of drug-likeness (QED) is 0.644. The number of hydrogen-bond acceptors (Lipinski definition) is 3. The molecule has 3 atom stereocenters. The third-order valence-electron chi connectivity index (χ3n) is 8.36. The summed E-state index contributed by atoms with van der Waals surface area (Å²) >= 11 is 0. The molecule has 2 saturated carbocycles. The Kier molecular flexibility index (Phi) is 5.98. The molecule has 0 heterocycles. The van der Waals surface area contributed by atoms with Gasteiger partial charge in [-0.05, 0) is 78.7 Å². The van der Waals surface area contributed by atoms with Gasteiger partial charge in [-0.15, -0.1) is 0 Å². The Labute approximate surface area is 198 Å². The molecule has 2 aromatic rings. The Balaban J connectivity index is 1.62. The van der Waals surface area contributed by atoms with Crippen LogP contribution in [0.25, 0.3) is 0 Å². The molecule has 4 rings (SSSR count). The van der Waals surface area contributed by atoms with Gasteiger partial charge in [-0.25, -0.2) is 8.42 Å². The predicted octanol–water partition coefficient (Wildman–Crippen LogP) is 5.07. The second-order valence-corrected chi connectivity index (χ2v) is 13.0. The van der Waals surface area contributed by atoms with Crippen LogP contribution in [0, 0.1) is 30.6 Å². The lowest BCUT2D eigenvalue weighted by molar-refractivity contribution is 0.0737. The molecule has 6 heteroatoms. The van der Waals surface area contributed by atoms with Gasteiger partial charge < -0.3 is 5.32 Å². The first kappa shape index (κ1) is 24.0. The van der Waals surface area contributed by atoms with Gasteiger partial charge in [-0.2, -0.15) is 4.31 Å². The third kappa shape index (κ3) is 4.12. The number of nitrogens with one attached hydrogen (secondary N) is 1. The maximum Gasteiger partial charge on any atom is 0.251 e. The van der Waals surface area contributed by atoms with Crippen molar-refractivity contribution in [1.29, 1.82) is 0 Å². The van der Waals surface area contributed by atoms with Crippen LogP contribution in [0.2, 0.25) is 0 Å². The monoisotopic (exact) mass is 468 g/mol. The highest BCUT2D eigenvalue weighted by Crippen LogP contribution is 2.62. The second kappa shape index (κ2) is 8.24. The topological polar surface area (TPSA) is 66.5 Å². The minimum absolute atomic E-state index is 0.0349. The Bertz CT molecular complexity index is 1170. The maximum absolute atomic E-state index is 13.5. The van der Waals surface area contributed by atoms with Crippen molar-refractivity contribution in [2.45, 2.75) is 71.4 Å². The molecule has 2 aromatic carbocycles. The number of sulfonamides is 1. The predicted molar refractivity (Wildman–Crippen MR) is 131 cm³/mol. The summed E-state index contributed by atoms with van der Waals surface area (Å²) in [6.45, 7) is 10.7. The zero-order valence-electron chi connectivity index (χ0n) is 20.6. The summed E-state index contributed by atoms with van der Waals surface area (Å²) in [5.74, 6) is 0.433. The van der Waals surface area contributed by atoms with Gasteiger partial charge in [0.1, 0.15) is 0 Å². The van der Waals surface area contributed by atoms with Crippen molar-refractivity contribution in [2.24, 2.45) is 16.7 Å². The van der Waals surface area contributed by atoms with E-state index in [1.807, 2.05) is 43.3 Å². The van der Waals surface area contributed by atoms with Gasteiger partial charge >= 0.3 is 0 Å². The van der Waals surface area contributed by atoms with E-state index in [4.69, 9.17) is 0 Å². The molecule has 2 aliphatic rings. The van der Waals surface area contributed by atoms with Crippen LogP contribution in [0.1, 0.15) is 67.1 Å². The van der Waals surface area contributed by atoms with Crippen LogP contribution in [0.3, 0.4) is 0 Å². The van der Waals surface area contributed by atoms with E-state index in [0.717, 1.165) is 24.0 Å². The SMILES string of the molecule is Cc1cc(C(=O)NC2C(C)(C)[C@@H]3CC[C@]2(C)C3)cc(S(=O)(=O)N(C)Cc2ccccc2)c1C. The first-order valence-corrected chi connectivity index (χ1v) is 13.2. The molecule has 5 nitrogen and oxygen atoms in total. The molecule has 178 valence electrons. The normalized spacial score (nSPS) is 26.0. The summed E-state index contributed by atoms with van der Waals surface area (Å²) in [6.07, 6.45) is 3.49. The lowest BCUT2D eigenvalue weighted by atomic mass is 9.68. The highest BCUT2D eigenvalue weighted by atomic mass is 32.2. The zero-order chi connectivity index (χ0) is 24.2. The van der Waals surface area contributed by atoms with Crippen LogP contribution in [-0.4, -0.2) is 31.7 Å². The average Bonchev–Trinajstić information content (AvgIpc) is 3.24. The number of carbonyl (C=O) groups excluding carboxylic acids is 1. The number of amides is 1. The number of hydrogen-bond donors (Lipinski definition) is 1. The Morgan fingerprint density at radius 3 is 2.39 bits per heavy atom. The number of benzene rings is 2. The molecular formula is C27H36N2O3S. The molecule has 1 unspecified atom stereocenters. The van der Waals surface area contributed by atoms with Crippen LogP contribution in [0.15, 0.2) is 47.4 Å². The fraction of sp³-hybridized carbons (Fsp3) is 0.519. The van der Waals surface area contributed by atoms with Crippen LogP contribution >= 0.6 is 0 Å². The molecule has 2 bridgehead atoms. The first-order chi connectivity index (χ1) is 15.4. The van der Waals surface area contributed by atoms with Crippen LogP contribution in [-0.2, 0) is 16.6 Å². The van der Waals surface area contributed by atoms with Gasteiger partial charge in [0, 0.05) is 25.2 Å². The van der Waals surface area contributed by atoms with Crippen LogP contribution in [0.4, 0.5) is 0 Å². The largest absolute Gasteiger partial charge is 0.348 e. The Morgan fingerprint density at radius 2 is 1.79 bits per heavy atom. The van der Waals surface area contributed by atoms with E-state index >= 15 is 0 Å². The fourth-order valence-corrected chi connectivity index (χ4v) is 7.67. The summed E-state index contributed by atoms with van der Waals surface area (Å²) in [6, 6.07) is 13.0. The first-order valence-electron chi connectivity index (χ1n) is 11.8. The van der Waals surface area contributed by atoms with Crippen molar-refractivity contribution < 1.29 is 13.2 Å². The van der Waals surface area contributed by atoms with Crippen molar-refractivity contribution in [2.75, 3.05) is 7.05 Å². The maximum atomic E-state index is 13.5. The highest BCUT2D eigenvalue weighted by Gasteiger charge is 2.59. The van der Waals surface area contributed by atoms with E-state index in [1.165, 1.54) is 10.7 Å². The summed E-state index contributed by atoms with van der Waals surface area (Å²) in [4.78, 5) is 13.6. The number of aryl methyl sites for hydroxylation is 1. The van der Waals surface area contributed by atoms with Gasteiger partial charge in [-0.3, -0.25) is 4.79 Å². The van der Waals surface area contributed by atoms with E-state index in [1.54, 1.807) is 20.0 Å². The molecule has 1 amide bonds. The van der Waals surface area contributed by atoms with Gasteiger partial charge in [0.25, 0.3) is 5.91 Å². The molecular weight excluding hydrogens is 432 g/mol. The Hall–Kier alpha value is -2.18. The van der Waals surface area contributed by atoms with Crippen molar-refractivity contribution in [3.63, 3.8) is 0 Å². The molecule has 1 N–H and O–H groups in total. The van der Waals surface area contributed by atoms with Gasteiger partial charge in [0.15, 0.2) is 0 Å². The Morgan fingerprint density at radius 1 is 1.12 bits per heavy atom. The summed E-state index contributed by atoms with van der Waals surface area (Å²) in [7, 11) is -2.18. The van der Waals surface area contributed by atoms with Crippen molar-refractivity contribution in [3.8, 4) is 0 Å². The standard InChI is InChI=1S/C27H36N2O3S/c1-18-14-21(24(30)28-25-26(3,4)22-12-13-27(25,5)16-22)15-23(19(18)2)33(31,32)29(6)17-20-10-8-7-9-11-20/h7-11,14-15,22,25H,12-13,16-17H2,1-6H3,(H,28,30)/t22-,25?,27-/m1/s1. The molecule has 0 aromatic heterocycles. The minimum Gasteiger partial charge on any atom is -0.348 e. The third-order valence-corrected chi connectivity index (χ3v) is 10.3. The van der Waals surface area contributed by atoms with E-state index in [0.29, 0.717) is 17.0 Å². The summed E-state index contributed by atoms with van der Waals surface area (Å²) < 4.78 is 28.3. The van der Waals surface area contributed by atoms with Gasteiger partial charge in [0.2, 0.25) is 10.0 Å². The van der Waals surface area contributed by atoms with E-state index in [2.05, 4.69) is 26.1 Å². The number of fused-ring (bicyclic) bond motifs is 2. The average molecular weight is 469 g/mol. The van der Waals surface area contributed by atoms with Crippen LogP contribution in [0.5, 0.6) is 0 Å². The van der Waals surface area contributed by atoms with Gasteiger partial charge in [-0.1, -0.05) is 51.1 Å². The van der Waals surface area contributed by atoms with E-state index < -0.39 is 10.0 Å². The number of nitrogens with zero attached hydrogens (tertiary/aromatic N) is 1. The molecule has 0 saturated heterocycles. The molecule has 0 radical (unpaired) electrons. The molecule has 0 spiro atoms. The van der Waals surface area contributed by atoms with Crippen molar-refractivity contribution in [3.05, 3.63) is 64.7 Å². The number of carbonyl (C=O) groups is 1.